The van der Waals surface area contributed by atoms with Gasteiger partial charge in [0.15, 0.2) is 0 Å². The first-order valence-electron chi connectivity index (χ1n) is 10.5. The van der Waals surface area contributed by atoms with Crippen LogP contribution in [0.3, 0.4) is 0 Å². The maximum atomic E-state index is 13.0. The van der Waals surface area contributed by atoms with E-state index in [9.17, 15) is 18.8 Å². The number of halogens is 1. The monoisotopic (exact) mass is 467 g/mol. The third-order valence-corrected chi connectivity index (χ3v) is 5.32. The molecule has 4 N–H and O–H groups in total. The molecule has 1 aromatic heterocycles. The molecule has 2 heterocycles. The van der Waals surface area contributed by atoms with Gasteiger partial charge in [0.05, 0.1) is 18.8 Å². The Bertz CT molecular complexity index is 1150. The number of ether oxygens (including phenoxy) is 1. The highest BCUT2D eigenvalue weighted by Gasteiger charge is 2.40. The van der Waals surface area contributed by atoms with Crippen LogP contribution in [-0.2, 0) is 16.0 Å². The van der Waals surface area contributed by atoms with E-state index in [4.69, 9.17) is 9.84 Å². The summed E-state index contributed by atoms with van der Waals surface area (Å²) in [7, 11) is 0. The lowest BCUT2D eigenvalue weighted by Crippen LogP contribution is -2.44. The molecule has 3 amide bonds. The van der Waals surface area contributed by atoms with Crippen molar-refractivity contribution in [3.05, 3.63) is 72.6 Å². The van der Waals surface area contributed by atoms with Gasteiger partial charge in [0.25, 0.3) is 0 Å². The van der Waals surface area contributed by atoms with Crippen molar-refractivity contribution >= 4 is 23.6 Å². The molecule has 0 saturated carbocycles. The van der Waals surface area contributed by atoms with Crippen LogP contribution in [-0.4, -0.2) is 56.5 Å². The number of imidazole rings is 1. The second kappa shape index (κ2) is 10.0. The molecule has 11 heteroatoms. The number of nitrogens with one attached hydrogen (secondary N) is 3. The molecule has 1 fully saturated rings. The quantitative estimate of drug-likeness (QED) is 0.422. The zero-order valence-corrected chi connectivity index (χ0v) is 17.9. The van der Waals surface area contributed by atoms with E-state index in [1.807, 2.05) is 0 Å². The van der Waals surface area contributed by atoms with Crippen LogP contribution in [0, 0.1) is 5.82 Å². The summed E-state index contributed by atoms with van der Waals surface area (Å²) in [5.41, 5.74) is 1.07. The Kier molecular flexibility index (Phi) is 6.72. The normalized spacial score (nSPS) is 17.3. The summed E-state index contributed by atoms with van der Waals surface area (Å²) >= 11 is 0. The number of nitrogens with zero attached hydrogens (tertiary/aromatic N) is 2. The van der Waals surface area contributed by atoms with E-state index in [2.05, 4.69) is 20.6 Å². The first-order valence-corrected chi connectivity index (χ1v) is 10.5. The molecule has 2 atom stereocenters. The minimum Gasteiger partial charge on any atom is -0.465 e. The summed E-state index contributed by atoms with van der Waals surface area (Å²) in [6, 6.07) is 10.7. The maximum absolute atomic E-state index is 13.0. The van der Waals surface area contributed by atoms with Gasteiger partial charge in [-0.15, -0.1) is 0 Å². The van der Waals surface area contributed by atoms with E-state index >= 15 is 0 Å². The summed E-state index contributed by atoms with van der Waals surface area (Å²) in [6.45, 7) is 0.0851. The number of carbonyl (C=O) groups excluding carboxylic acids is 2. The molecule has 0 spiro atoms. The molecular formula is C23H22FN5O5. The van der Waals surface area contributed by atoms with Crippen LogP contribution < -0.4 is 15.4 Å². The Morgan fingerprint density at radius 3 is 2.41 bits per heavy atom. The summed E-state index contributed by atoms with van der Waals surface area (Å²) in [6.07, 6.45) is 1.92. The molecule has 0 bridgehead atoms. The number of hydrogen-bond acceptors (Lipinski definition) is 5. The lowest BCUT2D eigenvalue weighted by atomic mass is 10.1. The number of carbonyl (C=O) groups is 3. The second-order valence-corrected chi connectivity index (χ2v) is 7.77. The smallest absolute Gasteiger partial charge is 0.404 e. The van der Waals surface area contributed by atoms with Crippen LogP contribution in [0.2, 0.25) is 0 Å². The van der Waals surface area contributed by atoms with Crippen LogP contribution >= 0.6 is 0 Å². The van der Waals surface area contributed by atoms with Crippen molar-refractivity contribution in [3.63, 3.8) is 0 Å². The van der Waals surface area contributed by atoms with Crippen LogP contribution in [0.25, 0.3) is 0 Å². The molecule has 1 aliphatic heterocycles. The largest absolute Gasteiger partial charge is 0.465 e. The predicted octanol–water partition coefficient (Wildman–Crippen LogP) is 2.76. The summed E-state index contributed by atoms with van der Waals surface area (Å²) in [4.78, 5) is 45.0. The number of likely N-dealkylation sites (tertiary alicyclic amines) is 1. The molecule has 3 aromatic rings. The highest BCUT2D eigenvalue weighted by molar-refractivity contribution is 5.98. The zero-order valence-electron chi connectivity index (χ0n) is 17.9. The number of carboxylic acid groups (broad SMARTS) is 1. The van der Waals surface area contributed by atoms with Gasteiger partial charge in [-0.3, -0.25) is 9.59 Å². The average Bonchev–Trinajstić information content (AvgIpc) is 3.46. The topological polar surface area (TPSA) is 137 Å². The fourth-order valence-electron chi connectivity index (χ4n) is 3.76. The van der Waals surface area contributed by atoms with Gasteiger partial charge < -0.3 is 30.4 Å². The number of H-pyrrole nitrogens is 1. The average molecular weight is 467 g/mol. The Morgan fingerprint density at radius 2 is 1.79 bits per heavy atom. The van der Waals surface area contributed by atoms with E-state index in [-0.39, 0.29) is 31.1 Å². The Labute approximate surface area is 193 Å². The van der Waals surface area contributed by atoms with Crippen LogP contribution in [0.4, 0.5) is 14.9 Å². The van der Waals surface area contributed by atoms with Gasteiger partial charge in [-0.25, -0.2) is 14.2 Å². The highest BCUT2D eigenvalue weighted by Crippen LogP contribution is 2.25. The lowest BCUT2D eigenvalue weighted by molar-refractivity contribution is -0.136. The van der Waals surface area contributed by atoms with E-state index in [1.54, 1.807) is 24.3 Å². The molecule has 0 radical (unpaired) electrons. The fourth-order valence-corrected chi connectivity index (χ4v) is 3.76. The summed E-state index contributed by atoms with van der Waals surface area (Å²) < 4.78 is 18.7. The van der Waals surface area contributed by atoms with Crippen LogP contribution in [0.5, 0.6) is 11.5 Å². The molecule has 1 saturated heterocycles. The Morgan fingerprint density at radius 1 is 1.12 bits per heavy atom. The van der Waals surface area contributed by atoms with Gasteiger partial charge in [0.2, 0.25) is 11.8 Å². The fraction of sp³-hybridized carbons (Fsp3) is 0.217. The predicted molar refractivity (Wildman–Crippen MR) is 119 cm³/mol. The first kappa shape index (κ1) is 22.8. The Hall–Kier alpha value is -4.41. The van der Waals surface area contributed by atoms with Crippen molar-refractivity contribution in [2.75, 3.05) is 11.9 Å². The highest BCUT2D eigenvalue weighted by atomic mass is 19.1. The van der Waals surface area contributed by atoms with Gasteiger partial charge in [0.1, 0.15) is 23.4 Å². The van der Waals surface area contributed by atoms with Crippen molar-refractivity contribution in [3.8, 4) is 11.5 Å². The SMILES string of the molecule is O=C(O)NC1CC(C(=O)Nc2ccc(Oc3ccc(F)cc3)cc2)N(C(=O)Cc2cnc[nH]2)C1. The number of anilines is 1. The van der Waals surface area contributed by atoms with Crippen molar-refractivity contribution in [2.24, 2.45) is 0 Å². The van der Waals surface area contributed by atoms with Crippen molar-refractivity contribution < 1.29 is 28.6 Å². The van der Waals surface area contributed by atoms with Crippen molar-refractivity contribution in [2.45, 2.75) is 24.9 Å². The van der Waals surface area contributed by atoms with Gasteiger partial charge in [-0.05, 0) is 55.0 Å². The molecule has 0 aliphatic carbocycles. The third kappa shape index (κ3) is 5.68. The molecule has 34 heavy (non-hydrogen) atoms. The number of amides is 3. The van der Waals surface area contributed by atoms with E-state index in [0.29, 0.717) is 22.9 Å². The minimum atomic E-state index is -1.22. The van der Waals surface area contributed by atoms with Crippen molar-refractivity contribution in [1.29, 1.82) is 0 Å². The maximum Gasteiger partial charge on any atom is 0.404 e. The number of aromatic amines is 1. The molecule has 10 nitrogen and oxygen atoms in total. The zero-order chi connectivity index (χ0) is 24.1. The van der Waals surface area contributed by atoms with E-state index in [0.717, 1.165) is 0 Å². The standard InChI is InChI=1S/C23H22FN5O5/c24-14-1-5-18(6-2-14)34-19-7-3-15(4-8-19)27-22(31)20-9-17(28-23(32)33)12-29(20)21(30)10-16-11-25-13-26-16/h1-8,11,13,17,20,28H,9-10,12H2,(H,25,26)(H,27,31)(H,32,33). The molecule has 2 unspecified atom stereocenters. The molecule has 1 aliphatic rings. The number of hydrogen-bond donors (Lipinski definition) is 4. The molecule has 2 aromatic carbocycles. The third-order valence-electron chi connectivity index (χ3n) is 5.32. The molecular weight excluding hydrogens is 445 g/mol. The lowest BCUT2D eigenvalue weighted by Gasteiger charge is -2.23. The summed E-state index contributed by atoms with van der Waals surface area (Å²) in [5.74, 6) is -0.155. The second-order valence-electron chi connectivity index (χ2n) is 7.77. The van der Waals surface area contributed by atoms with Crippen LogP contribution in [0.1, 0.15) is 12.1 Å². The first-order chi connectivity index (χ1) is 16.4. The molecule has 4 rings (SSSR count). The van der Waals surface area contributed by atoms with Gasteiger partial charge in [-0.1, -0.05) is 0 Å². The van der Waals surface area contributed by atoms with E-state index < -0.39 is 24.1 Å². The van der Waals surface area contributed by atoms with Crippen molar-refractivity contribution in [1.82, 2.24) is 20.2 Å². The van der Waals surface area contributed by atoms with Gasteiger partial charge in [-0.2, -0.15) is 0 Å². The van der Waals surface area contributed by atoms with Gasteiger partial charge in [0, 0.05) is 24.1 Å². The minimum absolute atomic E-state index is 0.0129. The summed E-state index contributed by atoms with van der Waals surface area (Å²) in [5, 5.41) is 14.2. The number of rotatable bonds is 7. The number of aromatic nitrogens is 2. The van der Waals surface area contributed by atoms with Crippen LogP contribution in [0.15, 0.2) is 61.1 Å². The van der Waals surface area contributed by atoms with E-state index in [1.165, 1.54) is 41.7 Å². The van der Waals surface area contributed by atoms with Gasteiger partial charge >= 0.3 is 6.09 Å². The molecule has 176 valence electrons. The Balaban J connectivity index is 1.42. The number of benzene rings is 2.